The van der Waals surface area contributed by atoms with E-state index in [4.69, 9.17) is 16.0 Å². The maximum atomic E-state index is 8.94. The molecule has 0 amide bonds. The van der Waals surface area contributed by atoms with Crippen molar-refractivity contribution < 1.29 is 16.0 Å². The van der Waals surface area contributed by atoms with Crippen LogP contribution in [0.3, 0.4) is 0 Å². The molecule has 4 nitrogen and oxygen atoms in total. The van der Waals surface area contributed by atoms with Crippen molar-refractivity contribution in [2.24, 2.45) is 0 Å². The summed E-state index contributed by atoms with van der Waals surface area (Å²) in [6, 6.07) is 0. The van der Waals surface area contributed by atoms with Crippen molar-refractivity contribution in [2.45, 2.75) is 0 Å². The molecule has 0 fully saturated rings. The third-order valence-corrected chi connectivity index (χ3v) is 0. The summed E-state index contributed by atoms with van der Waals surface area (Å²) in [5.41, 5.74) is 0. The minimum absolute atomic E-state index is 0. The Kier molecular flexibility index (Phi) is 16.1. The van der Waals surface area contributed by atoms with Crippen LogP contribution in [0.5, 0.6) is 0 Å². The van der Waals surface area contributed by atoms with Gasteiger partial charge in [0.1, 0.15) is 0 Å². The summed E-state index contributed by atoms with van der Waals surface area (Å²) in [4.78, 5) is 0. The molecule has 0 aromatic carbocycles. The molecule has 0 aromatic heterocycles. The zero-order chi connectivity index (χ0) is 4.50. The van der Waals surface area contributed by atoms with Crippen LogP contribution < -0.4 is 0 Å². The Balaban J connectivity index is -0.0000000800. The molecule has 7 heteroatoms. The first-order chi connectivity index (χ1) is 2.00. The van der Waals surface area contributed by atoms with Crippen molar-refractivity contribution in [3.63, 3.8) is 0 Å². The molecule has 0 aromatic rings. The number of rotatable bonds is 0. The van der Waals surface area contributed by atoms with Crippen LogP contribution in [-0.2, 0) is 3.74 Å². The third-order valence-electron chi connectivity index (χ3n) is 0. The molecular formula is H7AsCa2O4. The monoisotopic (exact) mass is 226 g/mol. The van der Waals surface area contributed by atoms with E-state index < -0.39 is 14.5 Å². The summed E-state index contributed by atoms with van der Waals surface area (Å²) < 4.78 is 30.7. The zero-order valence-corrected chi connectivity index (χ0v) is 4.07. The first kappa shape index (κ1) is 16.4. The first-order valence-corrected chi connectivity index (χ1v) is 4.07. The molecule has 0 bridgehead atoms. The average molecular weight is 226 g/mol. The topological polar surface area (TPSA) is 77.8 Å². The van der Waals surface area contributed by atoms with Crippen LogP contribution in [0.2, 0.25) is 0 Å². The van der Waals surface area contributed by atoms with Gasteiger partial charge in [0.25, 0.3) is 0 Å². The summed E-state index contributed by atoms with van der Waals surface area (Å²) in [7, 11) is 0. The minimum atomic E-state index is -5.12. The van der Waals surface area contributed by atoms with Crippen LogP contribution in [0.15, 0.2) is 0 Å². The van der Waals surface area contributed by atoms with Gasteiger partial charge in [0.05, 0.1) is 0 Å². The van der Waals surface area contributed by atoms with Gasteiger partial charge in [-0.2, -0.15) is 0 Å². The second-order valence-electron chi connectivity index (χ2n) is 0.513. The summed E-state index contributed by atoms with van der Waals surface area (Å²) in [6.07, 6.45) is 0. The quantitative estimate of drug-likeness (QED) is 0.368. The zero-order valence-electron chi connectivity index (χ0n) is 2.20. The predicted molar refractivity (Wildman–Crippen MR) is 30.2 cm³/mol. The summed E-state index contributed by atoms with van der Waals surface area (Å²) in [6.45, 7) is 0. The summed E-state index contributed by atoms with van der Waals surface area (Å²) in [5.74, 6) is 0. The molecule has 0 saturated carbocycles. The molecule has 0 aliphatic rings. The van der Waals surface area contributed by atoms with Crippen molar-refractivity contribution in [2.75, 3.05) is 0 Å². The molecule has 0 unspecified atom stereocenters. The van der Waals surface area contributed by atoms with Crippen molar-refractivity contribution in [1.82, 2.24) is 0 Å². The standard InChI is InChI=1S/AsH3O4.2Ca.4H/c2-1(3,4)5;;;;;;/h(H3,2,3,4,5);;;;;;. The van der Waals surface area contributed by atoms with E-state index >= 15 is 0 Å². The molecule has 0 saturated heterocycles. The summed E-state index contributed by atoms with van der Waals surface area (Å²) >= 11 is -5.12. The van der Waals surface area contributed by atoms with Crippen LogP contribution in [-0.4, -0.2) is 102 Å². The maximum absolute atomic E-state index is 8.94. The molecule has 0 rings (SSSR count). The van der Waals surface area contributed by atoms with Gasteiger partial charge in [-0.25, -0.2) is 0 Å². The molecular weight excluding hydrogens is 219 g/mol. The average Bonchev–Trinajstić information content (AvgIpc) is 0.722. The van der Waals surface area contributed by atoms with Gasteiger partial charge in [-0.1, -0.05) is 0 Å². The Morgan fingerprint density at radius 3 is 1.00 bits per heavy atom. The van der Waals surface area contributed by atoms with Crippen LogP contribution in [0.25, 0.3) is 0 Å². The third kappa shape index (κ3) is 52.6. The fourth-order valence-electron chi connectivity index (χ4n) is 0. The van der Waals surface area contributed by atoms with E-state index in [2.05, 4.69) is 0 Å². The number of hydrogen-bond donors (Lipinski definition) is 3. The Morgan fingerprint density at radius 1 is 1.00 bits per heavy atom. The number of hydrogen-bond acceptors (Lipinski definition) is 1. The van der Waals surface area contributed by atoms with Crippen LogP contribution in [0, 0.1) is 0 Å². The van der Waals surface area contributed by atoms with E-state index in [9.17, 15) is 0 Å². The Bertz CT molecular complexity index is 55.8. The Labute approximate surface area is 104 Å². The van der Waals surface area contributed by atoms with E-state index in [1.54, 1.807) is 0 Å². The SMILES string of the molecule is O=[As](O)(O)O.[CaH2].[CaH2]. The van der Waals surface area contributed by atoms with Crippen molar-refractivity contribution in [1.29, 1.82) is 0 Å². The Morgan fingerprint density at radius 2 is 1.00 bits per heavy atom. The van der Waals surface area contributed by atoms with Gasteiger partial charge < -0.3 is 0 Å². The second-order valence-corrected chi connectivity index (χ2v) is 2.67. The molecule has 7 heavy (non-hydrogen) atoms. The molecule has 3 N–H and O–H groups in total. The van der Waals surface area contributed by atoms with E-state index in [0.717, 1.165) is 0 Å². The van der Waals surface area contributed by atoms with E-state index in [1.165, 1.54) is 0 Å². The molecule has 0 atom stereocenters. The molecule has 0 aliphatic heterocycles. The fraction of sp³-hybridized carbons (Fsp3) is 0. The van der Waals surface area contributed by atoms with Gasteiger partial charge in [0.2, 0.25) is 0 Å². The van der Waals surface area contributed by atoms with Crippen molar-refractivity contribution in [3.05, 3.63) is 0 Å². The van der Waals surface area contributed by atoms with Gasteiger partial charge in [-0.3, -0.25) is 0 Å². The first-order valence-electron chi connectivity index (χ1n) is 0.783. The normalized spacial score (nSPS) is 8.43. The van der Waals surface area contributed by atoms with E-state index in [-0.39, 0.29) is 75.5 Å². The molecule has 40 valence electrons. The van der Waals surface area contributed by atoms with Crippen molar-refractivity contribution in [3.8, 4) is 0 Å². The Hall–Kier alpha value is 2.76. The van der Waals surface area contributed by atoms with E-state index in [0.29, 0.717) is 0 Å². The molecule has 0 spiro atoms. The van der Waals surface area contributed by atoms with Gasteiger partial charge in [0.15, 0.2) is 0 Å². The molecule has 0 heterocycles. The van der Waals surface area contributed by atoms with Crippen molar-refractivity contribution >= 4 is 90.0 Å². The van der Waals surface area contributed by atoms with Gasteiger partial charge in [-0.15, -0.1) is 0 Å². The van der Waals surface area contributed by atoms with E-state index in [1.807, 2.05) is 0 Å². The van der Waals surface area contributed by atoms with Gasteiger partial charge in [0, 0.05) is 0 Å². The molecule has 0 radical (unpaired) electrons. The van der Waals surface area contributed by atoms with Crippen LogP contribution in [0.4, 0.5) is 0 Å². The second kappa shape index (κ2) is 6.87. The van der Waals surface area contributed by atoms with Crippen LogP contribution in [0.1, 0.15) is 0 Å². The predicted octanol–water partition coefficient (Wildman–Crippen LogP) is -4.00. The molecule has 0 aliphatic carbocycles. The summed E-state index contributed by atoms with van der Waals surface area (Å²) in [5, 5.41) is 0. The van der Waals surface area contributed by atoms with Crippen LogP contribution >= 0.6 is 0 Å². The van der Waals surface area contributed by atoms with Gasteiger partial charge in [-0.05, 0) is 0 Å². The fourth-order valence-corrected chi connectivity index (χ4v) is 0. The van der Waals surface area contributed by atoms with Gasteiger partial charge >= 0.3 is 106 Å².